The fourth-order valence-corrected chi connectivity index (χ4v) is 4.62. The predicted octanol–water partition coefficient (Wildman–Crippen LogP) is 7.64. The van der Waals surface area contributed by atoms with Gasteiger partial charge < -0.3 is 5.11 Å². The third-order valence-electron chi connectivity index (χ3n) is 6.91. The summed E-state index contributed by atoms with van der Waals surface area (Å²) in [7, 11) is 0. The quantitative estimate of drug-likeness (QED) is 0.460. The number of aromatic hydroxyl groups is 1. The molecule has 0 bridgehead atoms. The summed E-state index contributed by atoms with van der Waals surface area (Å²) in [5.41, 5.74) is 5.20. The van der Waals surface area contributed by atoms with Gasteiger partial charge in [-0.1, -0.05) is 125 Å². The fraction of sp³-hybridized carbons (Fsp3) is 0.267. The number of phenols is 1. The normalized spacial score (nSPS) is 16.5. The largest absolute Gasteiger partial charge is 0.507 e. The van der Waals surface area contributed by atoms with E-state index in [1.54, 1.807) is 0 Å². The van der Waals surface area contributed by atoms with Crippen LogP contribution in [0.15, 0.2) is 97.1 Å². The van der Waals surface area contributed by atoms with Crippen molar-refractivity contribution in [2.24, 2.45) is 0 Å². The standard InChI is InChI=1S/C30H32O/c1-29(2,23-16-10-6-11-17-23)25-20-26(22-14-8-5-9-15-22)28(31)27(21-25)30(3,4)24-18-12-7-13-19-24/h5-14,16-22,31H,15H2,1-4H3. The van der Waals surface area contributed by atoms with Crippen molar-refractivity contribution in [3.05, 3.63) is 125 Å². The molecule has 0 spiro atoms. The van der Waals surface area contributed by atoms with Gasteiger partial charge in [-0.25, -0.2) is 0 Å². The fourth-order valence-electron chi connectivity index (χ4n) is 4.62. The highest BCUT2D eigenvalue weighted by Crippen LogP contribution is 2.45. The number of hydrogen-bond acceptors (Lipinski definition) is 1. The van der Waals surface area contributed by atoms with Gasteiger partial charge >= 0.3 is 0 Å². The lowest BCUT2D eigenvalue weighted by Crippen LogP contribution is -2.24. The van der Waals surface area contributed by atoms with Gasteiger partial charge in [-0.15, -0.1) is 0 Å². The summed E-state index contributed by atoms with van der Waals surface area (Å²) in [5, 5.41) is 11.5. The van der Waals surface area contributed by atoms with Crippen LogP contribution in [-0.2, 0) is 10.8 Å². The molecule has 0 saturated heterocycles. The van der Waals surface area contributed by atoms with Gasteiger partial charge in [0.1, 0.15) is 5.75 Å². The van der Waals surface area contributed by atoms with Crippen molar-refractivity contribution in [2.75, 3.05) is 0 Å². The second-order valence-corrected chi connectivity index (χ2v) is 9.60. The SMILES string of the molecule is CC(C)(c1ccccc1)c1cc(C2C=CC=CC2)c(O)c(C(C)(C)c2ccccc2)c1. The minimum atomic E-state index is -0.322. The molecule has 0 heterocycles. The van der Waals surface area contributed by atoms with Crippen LogP contribution in [-0.4, -0.2) is 5.11 Å². The Hall–Kier alpha value is -3.06. The van der Waals surface area contributed by atoms with Gasteiger partial charge in [-0.3, -0.25) is 0 Å². The molecule has 0 fully saturated rings. The van der Waals surface area contributed by atoms with E-state index in [9.17, 15) is 5.11 Å². The maximum absolute atomic E-state index is 11.5. The summed E-state index contributed by atoms with van der Waals surface area (Å²) in [6, 6.07) is 25.6. The molecule has 1 nitrogen and oxygen atoms in total. The van der Waals surface area contributed by atoms with Crippen LogP contribution in [0.3, 0.4) is 0 Å². The van der Waals surface area contributed by atoms with Crippen LogP contribution < -0.4 is 0 Å². The molecular formula is C30H32O. The average molecular weight is 409 g/mol. The Balaban J connectivity index is 1.93. The second-order valence-electron chi connectivity index (χ2n) is 9.60. The number of benzene rings is 3. The van der Waals surface area contributed by atoms with E-state index in [1.165, 1.54) is 16.7 Å². The van der Waals surface area contributed by atoms with Crippen molar-refractivity contribution in [3.8, 4) is 5.75 Å². The molecule has 0 amide bonds. The zero-order chi connectivity index (χ0) is 22.1. The molecule has 31 heavy (non-hydrogen) atoms. The van der Waals surface area contributed by atoms with E-state index in [1.807, 2.05) is 6.07 Å². The van der Waals surface area contributed by atoms with Crippen molar-refractivity contribution in [3.63, 3.8) is 0 Å². The van der Waals surface area contributed by atoms with Gasteiger partial charge in [0.25, 0.3) is 0 Å². The highest BCUT2D eigenvalue weighted by Gasteiger charge is 2.32. The minimum Gasteiger partial charge on any atom is -0.507 e. The topological polar surface area (TPSA) is 20.2 Å². The number of phenolic OH excluding ortho intramolecular Hbond substituents is 1. The highest BCUT2D eigenvalue weighted by atomic mass is 16.3. The van der Waals surface area contributed by atoms with E-state index >= 15 is 0 Å². The molecule has 0 aliphatic heterocycles. The van der Waals surface area contributed by atoms with Gasteiger partial charge in [-0.05, 0) is 23.1 Å². The maximum atomic E-state index is 11.5. The lowest BCUT2D eigenvalue weighted by molar-refractivity contribution is 0.442. The zero-order valence-corrected chi connectivity index (χ0v) is 19.0. The summed E-state index contributed by atoms with van der Waals surface area (Å²) in [5.74, 6) is 0.605. The van der Waals surface area contributed by atoms with Crippen molar-refractivity contribution < 1.29 is 5.11 Å². The minimum absolute atomic E-state index is 0.181. The predicted molar refractivity (Wildman–Crippen MR) is 131 cm³/mol. The number of allylic oxidation sites excluding steroid dienone is 4. The Labute approximate surface area is 186 Å². The molecule has 0 saturated carbocycles. The van der Waals surface area contributed by atoms with Crippen LogP contribution in [0.2, 0.25) is 0 Å². The molecule has 1 atom stereocenters. The number of rotatable bonds is 5. The molecule has 1 heteroatoms. The average Bonchev–Trinajstić information content (AvgIpc) is 2.80. The summed E-state index contributed by atoms with van der Waals surface area (Å²) in [6.07, 6.45) is 9.46. The van der Waals surface area contributed by atoms with Crippen molar-refractivity contribution >= 4 is 0 Å². The van der Waals surface area contributed by atoms with E-state index in [2.05, 4.69) is 119 Å². The van der Waals surface area contributed by atoms with E-state index in [4.69, 9.17) is 0 Å². The van der Waals surface area contributed by atoms with Crippen LogP contribution in [0.4, 0.5) is 0 Å². The molecule has 158 valence electrons. The molecular weight excluding hydrogens is 376 g/mol. The maximum Gasteiger partial charge on any atom is 0.123 e. The Morgan fingerprint density at radius 1 is 0.710 bits per heavy atom. The van der Waals surface area contributed by atoms with Crippen LogP contribution >= 0.6 is 0 Å². The molecule has 1 unspecified atom stereocenters. The van der Waals surface area contributed by atoms with Crippen LogP contribution in [0.25, 0.3) is 0 Å². The molecule has 3 aromatic rings. The van der Waals surface area contributed by atoms with Gasteiger partial charge in [-0.2, -0.15) is 0 Å². The van der Waals surface area contributed by atoms with Gasteiger partial charge in [0, 0.05) is 27.9 Å². The Morgan fingerprint density at radius 3 is 1.84 bits per heavy atom. The molecule has 0 radical (unpaired) electrons. The number of hydrogen-bond donors (Lipinski definition) is 1. The third-order valence-corrected chi connectivity index (χ3v) is 6.91. The van der Waals surface area contributed by atoms with Crippen LogP contribution in [0.1, 0.15) is 67.9 Å². The lowest BCUT2D eigenvalue weighted by atomic mass is 9.71. The van der Waals surface area contributed by atoms with E-state index in [0.29, 0.717) is 5.75 Å². The van der Waals surface area contributed by atoms with Crippen molar-refractivity contribution in [1.82, 2.24) is 0 Å². The molecule has 3 aromatic carbocycles. The molecule has 0 aromatic heterocycles. The Morgan fingerprint density at radius 2 is 1.29 bits per heavy atom. The molecule has 1 N–H and O–H groups in total. The van der Waals surface area contributed by atoms with Crippen molar-refractivity contribution in [2.45, 2.75) is 50.9 Å². The molecule has 1 aliphatic rings. The Kier molecular flexibility index (Phi) is 5.62. The summed E-state index contributed by atoms with van der Waals surface area (Å²) < 4.78 is 0. The third kappa shape index (κ3) is 3.97. The summed E-state index contributed by atoms with van der Waals surface area (Å²) in [6.45, 7) is 8.96. The van der Waals surface area contributed by atoms with Crippen LogP contribution in [0, 0.1) is 0 Å². The first-order valence-electron chi connectivity index (χ1n) is 11.1. The monoisotopic (exact) mass is 408 g/mol. The highest BCUT2D eigenvalue weighted by molar-refractivity contribution is 5.56. The summed E-state index contributed by atoms with van der Waals surface area (Å²) >= 11 is 0. The van der Waals surface area contributed by atoms with Crippen LogP contribution in [0.5, 0.6) is 5.75 Å². The smallest absolute Gasteiger partial charge is 0.123 e. The van der Waals surface area contributed by atoms with E-state index < -0.39 is 0 Å². The van der Waals surface area contributed by atoms with Gasteiger partial charge in [0.2, 0.25) is 0 Å². The first-order valence-corrected chi connectivity index (χ1v) is 11.1. The first-order chi connectivity index (χ1) is 14.8. The summed E-state index contributed by atoms with van der Waals surface area (Å²) in [4.78, 5) is 0. The van der Waals surface area contributed by atoms with Gasteiger partial charge in [0.15, 0.2) is 0 Å². The van der Waals surface area contributed by atoms with E-state index in [-0.39, 0.29) is 16.7 Å². The second kappa shape index (κ2) is 8.23. The molecule has 1 aliphatic carbocycles. The van der Waals surface area contributed by atoms with E-state index in [0.717, 1.165) is 17.5 Å². The zero-order valence-electron chi connectivity index (χ0n) is 19.0. The van der Waals surface area contributed by atoms with Gasteiger partial charge in [0.05, 0.1) is 0 Å². The first kappa shape index (κ1) is 21.2. The lowest BCUT2D eigenvalue weighted by Gasteiger charge is -2.33. The van der Waals surface area contributed by atoms with Crippen molar-refractivity contribution in [1.29, 1.82) is 0 Å². The Bertz CT molecular complexity index is 1100. The molecule has 4 rings (SSSR count).